The second-order valence-electron chi connectivity index (χ2n) is 7.78. The maximum absolute atomic E-state index is 11.2. The van der Waals surface area contributed by atoms with E-state index in [4.69, 9.17) is 26.3 Å². The van der Waals surface area contributed by atoms with Crippen LogP contribution in [0.5, 0.6) is 0 Å². The molecule has 3 aromatic carbocycles. The smallest absolute Gasteiger partial charge is 0.294 e. The Morgan fingerprint density at radius 1 is 0.946 bits per heavy atom. The topological polar surface area (TPSA) is 215 Å². The van der Waals surface area contributed by atoms with Gasteiger partial charge in [0.15, 0.2) is 5.13 Å². The van der Waals surface area contributed by atoms with E-state index in [2.05, 4.69) is 10.1 Å². The first kappa shape index (κ1) is 27.8. The van der Waals surface area contributed by atoms with Crippen molar-refractivity contribution in [3.63, 3.8) is 0 Å². The van der Waals surface area contributed by atoms with E-state index in [0.717, 1.165) is 15.8 Å². The van der Waals surface area contributed by atoms with Gasteiger partial charge in [0.2, 0.25) is 0 Å². The lowest BCUT2D eigenvalue weighted by molar-refractivity contribution is 0.481. The number of hydrogen-bond donors (Lipinski definition) is 5. The predicted octanol–water partition coefficient (Wildman–Crippen LogP) is 3.13. The number of nitrogen functional groups attached to an aromatic ring is 1. The van der Waals surface area contributed by atoms with Gasteiger partial charge in [-0.15, -0.1) is 0 Å². The molecule has 8 N–H and O–H groups in total. The molecule has 1 aromatic heterocycles. The van der Waals surface area contributed by atoms with E-state index in [1.807, 2.05) is 13.8 Å². The number of fused-ring (bicyclic) bond motifs is 2. The zero-order valence-corrected chi connectivity index (χ0v) is 22.0. The molecule has 0 radical (unpaired) electrons. The van der Waals surface area contributed by atoms with Crippen molar-refractivity contribution in [2.45, 2.75) is 23.6 Å². The highest BCUT2D eigenvalue weighted by molar-refractivity contribution is 7.86. The van der Waals surface area contributed by atoms with Gasteiger partial charge in [-0.25, -0.2) is 9.99 Å². The van der Waals surface area contributed by atoms with E-state index >= 15 is 0 Å². The van der Waals surface area contributed by atoms with Gasteiger partial charge >= 0.3 is 0 Å². The van der Waals surface area contributed by atoms with Crippen LogP contribution < -0.4 is 22.2 Å². The standard InChI is InChI=1S/C15H18N4O3S.C7H6N2O3S2/c1-10(2)18-19(15(17)9-16)13-5-3-12-8-14(23(20,21)22)6-4-11(12)7-13;8-7-9-5-3-4(14(10,11)12)1-2-6(5)13-7/h3-9H,16-17H2,1-2H3,(H,20,21,22);1-3H,(H2,8,9)(H,10,11,12)/b15-9+;. The minimum Gasteiger partial charge on any atom is -0.402 e. The highest BCUT2D eigenvalue weighted by atomic mass is 32.2. The van der Waals surface area contributed by atoms with Crippen LogP contribution in [0.3, 0.4) is 0 Å². The Kier molecular flexibility index (Phi) is 8.04. The van der Waals surface area contributed by atoms with E-state index < -0.39 is 20.2 Å². The second-order valence-corrected chi connectivity index (χ2v) is 11.7. The normalized spacial score (nSPS) is 12.2. The van der Waals surface area contributed by atoms with Crippen LogP contribution in [-0.4, -0.2) is 36.6 Å². The van der Waals surface area contributed by atoms with E-state index in [1.165, 1.54) is 46.8 Å². The number of rotatable bonds is 5. The van der Waals surface area contributed by atoms with Crippen LogP contribution in [0.25, 0.3) is 21.0 Å². The number of nitrogens with zero attached hydrogens (tertiary/aromatic N) is 3. The SMILES string of the molecule is CC(C)=NN(/C(N)=C/N)c1ccc2cc(S(=O)(=O)O)ccc2c1.Nc1nc2cc(S(=O)(=O)O)ccc2s1. The Bertz CT molecular complexity index is 1740. The Balaban J connectivity index is 0.000000231. The summed E-state index contributed by atoms with van der Waals surface area (Å²) in [5, 5.41) is 7.62. The fraction of sp³-hybridized carbons (Fsp3) is 0.0909. The minimum atomic E-state index is -4.23. The number of aromatic nitrogens is 1. The molecule has 0 bridgehead atoms. The van der Waals surface area contributed by atoms with Crippen LogP contribution in [0.4, 0.5) is 10.8 Å². The van der Waals surface area contributed by atoms with Crippen molar-refractivity contribution in [2.75, 3.05) is 10.7 Å². The highest BCUT2D eigenvalue weighted by Crippen LogP contribution is 2.27. The lowest BCUT2D eigenvalue weighted by Crippen LogP contribution is -2.24. The first-order chi connectivity index (χ1) is 17.2. The van der Waals surface area contributed by atoms with E-state index in [-0.39, 0.29) is 15.6 Å². The Hall–Kier alpha value is -3.76. The molecule has 0 aliphatic heterocycles. The van der Waals surface area contributed by atoms with Crippen molar-refractivity contribution < 1.29 is 25.9 Å². The van der Waals surface area contributed by atoms with Crippen molar-refractivity contribution in [3.05, 3.63) is 66.6 Å². The molecule has 12 nitrogen and oxygen atoms in total. The predicted molar refractivity (Wildman–Crippen MR) is 145 cm³/mol. The molecule has 1 heterocycles. The summed E-state index contributed by atoms with van der Waals surface area (Å²) in [6.45, 7) is 3.66. The summed E-state index contributed by atoms with van der Waals surface area (Å²) >= 11 is 1.26. The molecule has 4 rings (SSSR count). The third kappa shape index (κ3) is 6.93. The largest absolute Gasteiger partial charge is 0.402 e. The molecule has 37 heavy (non-hydrogen) atoms. The van der Waals surface area contributed by atoms with Crippen molar-refractivity contribution >= 4 is 69.1 Å². The molecule has 0 atom stereocenters. The van der Waals surface area contributed by atoms with Crippen molar-refractivity contribution in [3.8, 4) is 0 Å². The zero-order valence-electron chi connectivity index (χ0n) is 19.6. The van der Waals surface area contributed by atoms with Gasteiger partial charge in [-0.05, 0) is 67.1 Å². The third-order valence-electron chi connectivity index (χ3n) is 4.73. The van der Waals surface area contributed by atoms with Crippen molar-refractivity contribution in [1.82, 2.24) is 4.98 Å². The lowest BCUT2D eigenvalue weighted by Gasteiger charge is -2.20. The highest BCUT2D eigenvalue weighted by Gasteiger charge is 2.13. The second kappa shape index (κ2) is 10.7. The van der Waals surface area contributed by atoms with E-state index in [0.29, 0.717) is 21.7 Å². The van der Waals surface area contributed by atoms with Gasteiger partial charge in [0.25, 0.3) is 20.2 Å². The molecule has 0 aliphatic carbocycles. The molecule has 0 unspecified atom stereocenters. The van der Waals surface area contributed by atoms with Crippen LogP contribution in [0, 0.1) is 0 Å². The summed E-state index contributed by atoms with van der Waals surface area (Å²) in [4.78, 5) is 3.58. The zero-order chi connectivity index (χ0) is 27.5. The summed E-state index contributed by atoms with van der Waals surface area (Å²) in [7, 11) is -8.39. The van der Waals surface area contributed by atoms with Gasteiger partial charge in [0, 0.05) is 11.9 Å². The molecule has 0 spiro atoms. The first-order valence-electron chi connectivity index (χ1n) is 10.3. The van der Waals surface area contributed by atoms with E-state index in [9.17, 15) is 16.8 Å². The molecule has 0 saturated heterocycles. The van der Waals surface area contributed by atoms with Crippen molar-refractivity contribution in [1.29, 1.82) is 0 Å². The number of anilines is 2. The molecule has 0 aliphatic rings. The summed E-state index contributed by atoms with van der Waals surface area (Å²) in [5.74, 6) is 0.264. The average molecular weight is 565 g/mol. The van der Waals surface area contributed by atoms with Crippen LogP contribution in [0.15, 0.2) is 81.5 Å². The number of benzene rings is 3. The van der Waals surface area contributed by atoms with Gasteiger partial charge in [0.05, 0.1) is 25.7 Å². The van der Waals surface area contributed by atoms with Crippen LogP contribution in [0.1, 0.15) is 13.8 Å². The van der Waals surface area contributed by atoms with Crippen LogP contribution >= 0.6 is 11.3 Å². The summed E-state index contributed by atoms with van der Waals surface area (Å²) in [5.41, 5.74) is 18.7. The average Bonchev–Trinajstić information content (AvgIpc) is 3.20. The summed E-state index contributed by atoms with van der Waals surface area (Å²) in [6.07, 6.45) is 1.25. The molecule has 0 fully saturated rings. The van der Waals surface area contributed by atoms with Crippen LogP contribution in [0.2, 0.25) is 0 Å². The third-order valence-corrected chi connectivity index (χ3v) is 7.29. The first-order valence-corrected chi connectivity index (χ1v) is 14.0. The monoisotopic (exact) mass is 564 g/mol. The van der Waals surface area contributed by atoms with Gasteiger partial charge < -0.3 is 17.2 Å². The van der Waals surface area contributed by atoms with Crippen molar-refractivity contribution in [2.24, 2.45) is 16.6 Å². The quantitative estimate of drug-likeness (QED) is 0.135. The molecular formula is C22H24N6O6S3. The molecular weight excluding hydrogens is 540 g/mol. The molecule has 0 saturated carbocycles. The fourth-order valence-electron chi connectivity index (χ4n) is 3.12. The molecule has 15 heteroatoms. The number of hydrazone groups is 1. The lowest BCUT2D eigenvalue weighted by atomic mass is 10.1. The fourth-order valence-corrected chi connectivity index (χ4v) is 4.86. The van der Waals surface area contributed by atoms with Gasteiger partial charge in [0.1, 0.15) is 5.82 Å². The summed E-state index contributed by atoms with van der Waals surface area (Å²) < 4.78 is 62.6. The van der Waals surface area contributed by atoms with Crippen LogP contribution in [-0.2, 0) is 20.2 Å². The molecule has 0 amide bonds. The molecule has 196 valence electrons. The van der Waals surface area contributed by atoms with Gasteiger partial charge in [-0.1, -0.05) is 23.5 Å². The maximum Gasteiger partial charge on any atom is 0.294 e. The Morgan fingerprint density at radius 3 is 2.11 bits per heavy atom. The number of hydrogen-bond acceptors (Lipinski definition) is 11. The van der Waals surface area contributed by atoms with E-state index in [1.54, 1.807) is 30.3 Å². The molecule has 4 aromatic rings. The van der Waals surface area contributed by atoms with Gasteiger partial charge in [-0.3, -0.25) is 9.11 Å². The maximum atomic E-state index is 11.2. The van der Waals surface area contributed by atoms with Gasteiger partial charge in [-0.2, -0.15) is 21.9 Å². The summed E-state index contributed by atoms with van der Waals surface area (Å²) in [6, 6.07) is 13.8. The Labute approximate surface area is 217 Å². The number of nitrogens with two attached hydrogens (primary N) is 3. The number of thiazole rings is 1. The Morgan fingerprint density at radius 2 is 1.51 bits per heavy atom. The minimum absolute atomic E-state index is 0.154.